The van der Waals surface area contributed by atoms with Crippen LogP contribution in [0, 0.1) is 5.82 Å². The molecule has 0 saturated heterocycles. The van der Waals surface area contributed by atoms with Crippen LogP contribution in [0.1, 0.15) is 30.5 Å². The average molecular weight is 308 g/mol. The minimum Gasteiger partial charge on any atom is -0.493 e. The number of hydrogen-bond acceptors (Lipinski definition) is 2. The zero-order chi connectivity index (χ0) is 15.2. The van der Waals surface area contributed by atoms with Gasteiger partial charge in [0.1, 0.15) is 11.6 Å². The van der Waals surface area contributed by atoms with Gasteiger partial charge in [0.05, 0.1) is 12.6 Å². The minimum absolute atomic E-state index is 0.288. The van der Waals surface area contributed by atoms with Crippen molar-refractivity contribution in [2.45, 2.75) is 19.4 Å². The van der Waals surface area contributed by atoms with Crippen LogP contribution in [0.2, 0.25) is 5.02 Å². The molecule has 1 unspecified atom stereocenters. The summed E-state index contributed by atoms with van der Waals surface area (Å²) in [7, 11) is 1.79. The fourth-order valence-corrected chi connectivity index (χ4v) is 2.46. The van der Waals surface area contributed by atoms with Gasteiger partial charge in [-0.05, 0) is 37.7 Å². The van der Waals surface area contributed by atoms with Crippen LogP contribution in [0.25, 0.3) is 0 Å². The van der Waals surface area contributed by atoms with Crippen molar-refractivity contribution in [3.8, 4) is 5.75 Å². The van der Waals surface area contributed by atoms with Gasteiger partial charge in [-0.3, -0.25) is 0 Å². The zero-order valence-electron chi connectivity index (χ0n) is 12.2. The molecule has 1 atom stereocenters. The largest absolute Gasteiger partial charge is 0.493 e. The number of nitrogens with one attached hydrogen (secondary N) is 1. The Morgan fingerprint density at radius 3 is 2.67 bits per heavy atom. The molecule has 0 aliphatic heterocycles. The monoisotopic (exact) mass is 307 g/mol. The topological polar surface area (TPSA) is 21.3 Å². The summed E-state index contributed by atoms with van der Waals surface area (Å²) in [4.78, 5) is 0. The summed E-state index contributed by atoms with van der Waals surface area (Å²) in [6, 6.07) is 11.9. The Balaban J connectivity index is 2.44. The summed E-state index contributed by atoms with van der Waals surface area (Å²) >= 11 is 6.00. The van der Waals surface area contributed by atoms with Gasteiger partial charge >= 0.3 is 0 Å². The van der Waals surface area contributed by atoms with Crippen molar-refractivity contribution < 1.29 is 9.13 Å². The van der Waals surface area contributed by atoms with E-state index in [0.29, 0.717) is 17.2 Å². The van der Waals surface area contributed by atoms with Gasteiger partial charge in [0.2, 0.25) is 0 Å². The molecule has 0 radical (unpaired) electrons. The Morgan fingerprint density at radius 2 is 1.95 bits per heavy atom. The van der Waals surface area contributed by atoms with E-state index in [1.54, 1.807) is 19.2 Å². The summed E-state index contributed by atoms with van der Waals surface area (Å²) in [5, 5.41) is 3.65. The van der Waals surface area contributed by atoms with Crippen molar-refractivity contribution in [2.75, 3.05) is 13.7 Å². The van der Waals surface area contributed by atoms with E-state index < -0.39 is 0 Å². The third kappa shape index (κ3) is 3.74. The summed E-state index contributed by atoms with van der Waals surface area (Å²) in [5.41, 5.74) is 1.41. The molecule has 0 fully saturated rings. The van der Waals surface area contributed by atoms with E-state index in [2.05, 4.69) is 12.2 Å². The summed E-state index contributed by atoms with van der Waals surface area (Å²) in [6.07, 6.45) is 0.921. The molecule has 2 rings (SSSR count). The normalized spacial score (nSPS) is 12.2. The quantitative estimate of drug-likeness (QED) is 0.843. The molecule has 2 nitrogen and oxygen atoms in total. The fourth-order valence-electron chi connectivity index (χ4n) is 2.28. The SMILES string of the molecule is CCCOc1ccccc1C(NC)c1cc(Cl)ccc1F. The molecular weight excluding hydrogens is 289 g/mol. The summed E-state index contributed by atoms with van der Waals surface area (Å²) in [5.74, 6) is 0.474. The van der Waals surface area contributed by atoms with E-state index in [9.17, 15) is 4.39 Å². The molecule has 0 aromatic heterocycles. The van der Waals surface area contributed by atoms with Crippen LogP contribution in [0.3, 0.4) is 0 Å². The molecule has 0 heterocycles. The van der Waals surface area contributed by atoms with Crippen LogP contribution in [0.5, 0.6) is 5.75 Å². The predicted octanol–water partition coefficient (Wildman–Crippen LogP) is 4.58. The van der Waals surface area contributed by atoms with Gasteiger partial charge in [-0.2, -0.15) is 0 Å². The van der Waals surface area contributed by atoms with Crippen molar-refractivity contribution >= 4 is 11.6 Å². The molecule has 4 heteroatoms. The highest BCUT2D eigenvalue weighted by Crippen LogP contribution is 2.32. The average Bonchev–Trinajstić information content (AvgIpc) is 2.50. The predicted molar refractivity (Wildman–Crippen MR) is 84.5 cm³/mol. The van der Waals surface area contributed by atoms with Crippen molar-refractivity contribution in [1.29, 1.82) is 0 Å². The second kappa shape index (κ2) is 7.43. The van der Waals surface area contributed by atoms with Crippen LogP contribution in [-0.4, -0.2) is 13.7 Å². The van der Waals surface area contributed by atoms with E-state index in [-0.39, 0.29) is 11.9 Å². The lowest BCUT2D eigenvalue weighted by molar-refractivity contribution is 0.312. The summed E-state index contributed by atoms with van der Waals surface area (Å²) in [6.45, 7) is 2.68. The highest BCUT2D eigenvalue weighted by molar-refractivity contribution is 6.30. The standard InChI is InChI=1S/C17H19ClFNO/c1-3-10-21-16-7-5-4-6-13(16)17(20-2)14-11-12(18)8-9-15(14)19/h4-9,11,17,20H,3,10H2,1-2H3. The molecular formula is C17H19ClFNO. The molecule has 0 amide bonds. The van der Waals surface area contributed by atoms with Crippen LogP contribution in [0.4, 0.5) is 4.39 Å². The highest BCUT2D eigenvalue weighted by atomic mass is 35.5. The Labute approximate surface area is 129 Å². The van der Waals surface area contributed by atoms with Gasteiger partial charge in [-0.1, -0.05) is 36.7 Å². The van der Waals surface area contributed by atoms with Gasteiger partial charge in [-0.15, -0.1) is 0 Å². The first-order chi connectivity index (χ1) is 10.2. The number of ether oxygens (including phenoxy) is 1. The maximum Gasteiger partial charge on any atom is 0.128 e. The second-order valence-electron chi connectivity index (χ2n) is 4.77. The molecule has 0 aliphatic rings. The van der Waals surface area contributed by atoms with E-state index >= 15 is 0 Å². The Morgan fingerprint density at radius 1 is 1.19 bits per heavy atom. The minimum atomic E-state index is -0.309. The van der Waals surface area contributed by atoms with Crippen molar-refractivity contribution in [2.24, 2.45) is 0 Å². The second-order valence-corrected chi connectivity index (χ2v) is 5.21. The van der Waals surface area contributed by atoms with E-state index in [1.807, 2.05) is 24.3 Å². The van der Waals surface area contributed by atoms with Gasteiger partial charge in [0.25, 0.3) is 0 Å². The third-order valence-electron chi connectivity index (χ3n) is 3.25. The van der Waals surface area contributed by atoms with Gasteiger partial charge in [0, 0.05) is 16.1 Å². The van der Waals surface area contributed by atoms with Crippen LogP contribution in [0.15, 0.2) is 42.5 Å². The Hall–Kier alpha value is -1.58. The van der Waals surface area contributed by atoms with Gasteiger partial charge < -0.3 is 10.1 Å². The van der Waals surface area contributed by atoms with Crippen molar-refractivity contribution in [3.05, 3.63) is 64.4 Å². The maximum atomic E-state index is 14.1. The third-order valence-corrected chi connectivity index (χ3v) is 3.48. The lowest BCUT2D eigenvalue weighted by atomic mass is 9.97. The van der Waals surface area contributed by atoms with Crippen LogP contribution < -0.4 is 10.1 Å². The summed E-state index contributed by atoms with van der Waals surface area (Å²) < 4.78 is 19.9. The number of benzene rings is 2. The molecule has 21 heavy (non-hydrogen) atoms. The van der Waals surface area contributed by atoms with Gasteiger partial charge in [0.15, 0.2) is 0 Å². The van der Waals surface area contributed by atoms with E-state index in [0.717, 1.165) is 17.7 Å². The first-order valence-corrected chi connectivity index (χ1v) is 7.39. The number of hydrogen-bond donors (Lipinski definition) is 1. The molecule has 112 valence electrons. The molecule has 1 N–H and O–H groups in total. The Kier molecular flexibility index (Phi) is 5.59. The van der Waals surface area contributed by atoms with Crippen molar-refractivity contribution in [1.82, 2.24) is 5.32 Å². The molecule has 2 aromatic rings. The molecule has 0 spiro atoms. The smallest absolute Gasteiger partial charge is 0.128 e. The first kappa shape index (κ1) is 15.8. The molecule has 0 aliphatic carbocycles. The first-order valence-electron chi connectivity index (χ1n) is 7.01. The van der Waals surface area contributed by atoms with E-state index in [4.69, 9.17) is 16.3 Å². The molecule has 0 bridgehead atoms. The molecule has 0 saturated carbocycles. The highest BCUT2D eigenvalue weighted by Gasteiger charge is 2.20. The van der Waals surface area contributed by atoms with Crippen LogP contribution in [-0.2, 0) is 0 Å². The molecule has 2 aromatic carbocycles. The lowest BCUT2D eigenvalue weighted by Crippen LogP contribution is -2.20. The lowest BCUT2D eigenvalue weighted by Gasteiger charge is -2.21. The fraction of sp³-hybridized carbons (Fsp3) is 0.294. The van der Waals surface area contributed by atoms with E-state index in [1.165, 1.54) is 6.07 Å². The van der Waals surface area contributed by atoms with Crippen LogP contribution >= 0.6 is 11.6 Å². The van der Waals surface area contributed by atoms with Crippen molar-refractivity contribution in [3.63, 3.8) is 0 Å². The zero-order valence-corrected chi connectivity index (χ0v) is 13.0. The number of rotatable bonds is 6. The van der Waals surface area contributed by atoms with Gasteiger partial charge in [-0.25, -0.2) is 4.39 Å². The number of para-hydroxylation sites is 1. The maximum absolute atomic E-state index is 14.1. The number of halogens is 2. The Bertz CT molecular complexity index is 603.